The van der Waals surface area contributed by atoms with Crippen molar-refractivity contribution in [3.05, 3.63) is 12.0 Å². The summed E-state index contributed by atoms with van der Waals surface area (Å²) < 4.78 is 4.55. The molecule has 1 atom stereocenters. The third-order valence-electron chi connectivity index (χ3n) is 0.493. The Bertz CT molecular complexity index is 60.7. The van der Waals surface area contributed by atoms with Crippen LogP contribution >= 0.6 is 0 Å². The Morgan fingerprint density at radius 3 is 2.43 bits per heavy atom. The van der Waals surface area contributed by atoms with Crippen LogP contribution < -0.4 is 0 Å². The van der Waals surface area contributed by atoms with Gasteiger partial charge in [0.15, 0.2) is 9.04 Å². The van der Waals surface area contributed by atoms with E-state index in [1.54, 1.807) is 19.4 Å². The van der Waals surface area contributed by atoms with Crippen LogP contribution in [0.4, 0.5) is 0 Å². The lowest BCUT2D eigenvalue weighted by atomic mass is 11.1. The van der Waals surface area contributed by atoms with Gasteiger partial charge in [-0.15, -0.1) is 0 Å². The maximum Gasteiger partial charge on any atom is 0.196 e. The Hall–Kier alpha value is -0.283. The predicted octanol–water partition coefficient (Wildman–Crippen LogP) is 0.0316. The highest BCUT2D eigenvalue weighted by molar-refractivity contribution is 6.54. The van der Waals surface area contributed by atoms with Crippen LogP contribution in [0.15, 0.2) is 12.0 Å². The van der Waals surface area contributed by atoms with Crippen LogP contribution in [0.25, 0.3) is 0 Å². The molecule has 0 heterocycles. The lowest BCUT2D eigenvalue weighted by molar-refractivity contribution is 0.338. The summed E-state index contributed by atoms with van der Waals surface area (Å²) in [6.07, 6.45) is 1.51. The zero-order valence-corrected chi connectivity index (χ0v) is 5.74. The van der Waals surface area contributed by atoms with E-state index in [9.17, 15) is 0 Å². The molecule has 42 valence electrons. The smallest absolute Gasteiger partial charge is 0.196 e. The van der Waals surface area contributed by atoms with E-state index < -0.39 is 9.04 Å². The Morgan fingerprint density at radius 2 is 2.29 bits per heavy atom. The van der Waals surface area contributed by atoms with Gasteiger partial charge in [0.25, 0.3) is 0 Å². The van der Waals surface area contributed by atoms with Gasteiger partial charge in [0.1, 0.15) is 0 Å². The molecule has 0 saturated heterocycles. The van der Waals surface area contributed by atoms with E-state index in [-0.39, 0.29) is 0 Å². The number of ether oxygens (including phenoxy) is 1. The average molecular weight is 118 g/mol. The van der Waals surface area contributed by atoms with E-state index in [2.05, 4.69) is 4.74 Å². The van der Waals surface area contributed by atoms with Gasteiger partial charge < -0.3 is 9.53 Å². The number of hydrogen-bond acceptors (Lipinski definition) is 2. The molecule has 3 heteroatoms. The van der Waals surface area contributed by atoms with Gasteiger partial charge in [0.2, 0.25) is 0 Å². The van der Waals surface area contributed by atoms with Crippen molar-refractivity contribution in [2.24, 2.45) is 0 Å². The van der Waals surface area contributed by atoms with E-state index in [1.165, 1.54) is 6.26 Å². The topological polar surface area (TPSA) is 29.5 Å². The van der Waals surface area contributed by atoms with E-state index >= 15 is 0 Å². The van der Waals surface area contributed by atoms with Crippen LogP contribution in [0.5, 0.6) is 0 Å². The summed E-state index contributed by atoms with van der Waals surface area (Å²) in [5.41, 5.74) is 1.69. The molecule has 1 unspecified atom stereocenters. The first-order chi connectivity index (χ1) is 3.27. The minimum atomic E-state index is -1.49. The molecule has 0 radical (unpaired) electrons. The van der Waals surface area contributed by atoms with Crippen LogP contribution in [0.2, 0.25) is 6.55 Å². The number of hydrogen-bond donors (Lipinski definition) is 1. The molecule has 0 amide bonds. The van der Waals surface area contributed by atoms with Crippen LogP contribution in [0.3, 0.4) is 0 Å². The standard InChI is InChI=1S/C4H10O2Si/c1-6-3-4-7(2)5/h3-5,7H,1-2H3. The Labute approximate surface area is 45.2 Å². The SMILES string of the molecule is COC=C[SiH](C)O. The van der Waals surface area contributed by atoms with E-state index in [0.29, 0.717) is 0 Å². The lowest BCUT2D eigenvalue weighted by Gasteiger charge is -1.87. The zero-order chi connectivity index (χ0) is 5.70. The van der Waals surface area contributed by atoms with Crippen molar-refractivity contribution in [1.29, 1.82) is 0 Å². The first-order valence-electron chi connectivity index (χ1n) is 2.15. The zero-order valence-electron chi connectivity index (χ0n) is 4.59. The molecule has 0 aromatic rings. The summed E-state index contributed by atoms with van der Waals surface area (Å²) in [4.78, 5) is 8.66. The fourth-order valence-corrected chi connectivity index (χ4v) is 0.577. The average Bonchev–Trinajstić information content (AvgIpc) is 1.61. The van der Waals surface area contributed by atoms with Crippen molar-refractivity contribution < 1.29 is 9.53 Å². The first kappa shape index (κ1) is 6.72. The highest BCUT2D eigenvalue weighted by atomic mass is 28.3. The quantitative estimate of drug-likeness (QED) is 0.409. The Balaban J connectivity index is 3.08. The van der Waals surface area contributed by atoms with Crippen LogP contribution in [0.1, 0.15) is 0 Å². The fourth-order valence-electron chi connectivity index (χ4n) is 0.192. The van der Waals surface area contributed by atoms with E-state index in [0.717, 1.165) is 0 Å². The number of methoxy groups -OCH3 is 1. The molecule has 2 nitrogen and oxygen atoms in total. The Morgan fingerprint density at radius 1 is 1.71 bits per heavy atom. The van der Waals surface area contributed by atoms with Crippen molar-refractivity contribution in [3.8, 4) is 0 Å². The summed E-state index contributed by atoms with van der Waals surface area (Å²) in [6, 6.07) is 0. The molecular weight excluding hydrogens is 108 g/mol. The van der Waals surface area contributed by atoms with Gasteiger partial charge in [-0.1, -0.05) is 0 Å². The van der Waals surface area contributed by atoms with Crippen LogP contribution in [-0.2, 0) is 4.74 Å². The van der Waals surface area contributed by atoms with Crippen molar-refractivity contribution in [2.45, 2.75) is 6.55 Å². The first-order valence-corrected chi connectivity index (χ1v) is 4.48. The molecule has 0 saturated carbocycles. The molecule has 0 aliphatic carbocycles. The van der Waals surface area contributed by atoms with E-state index in [1.807, 2.05) is 0 Å². The van der Waals surface area contributed by atoms with E-state index in [4.69, 9.17) is 4.80 Å². The van der Waals surface area contributed by atoms with Gasteiger partial charge in [-0.3, -0.25) is 0 Å². The maximum absolute atomic E-state index is 8.66. The van der Waals surface area contributed by atoms with Crippen molar-refractivity contribution in [1.82, 2.24) is 0 Å². The molecule has 0 spiro atoms. The largest absolute Gasteiger partial charge is 0.505 e. The molecule has 0 rings (SSSR count). The van der Waals surface area contributed by atoms with Gasteiger partial charge in [-0.25, -0.2) is 0 Å². The van der Waals surface area contributed by atoms with Gasteiger partial charge in [0, 0.05) is 0 Å². The maximum atomic E-state index is 8.66. The summed E-state index contributed by atoms with van der Waals surface area (Å²) in [7, 11) is 0.0691. The second-order valence-corrected chi connectivity index (χ2v) is 3.17. The van der Waals surface area contributed by atoms with Gasteiger partial charge >= 0.3 is 0 Å². The second kappa shape index (κ2) is 3.89. The van der Waals surface area contributed by atoms with Gasteiger partial charge in [-0.2, -0.15) is 0 Å². The molecule has 7 heavy (non-hydrogen) atoms. The third kappa shape index (κ3) is 5.72. The normalized spacial score (nSPS) is 14.7. The molecule has 0 aromatic carbocycles. The summed E-state index contributed by atoms with van der Waals surface area (Å²) in [5.74, 6) is 0. The predicted molar refractivity (Wildman–Crippen MR) is 31.4 cm³/mol. The summed E-state index contributed by atoms with van der Waals surface area (Å²) in [5, 5.41) is 0. The monoisotopic (exact) mass is 118 g/mol. The summed E-state index contributed by atoms with van der Waals surface area (Å²) >= 11 is 0. The number of rotatable bonds is 2. The Kier molecular flexibility index (Phi) is 3.73. The van der Waals surface area contributed by atoms with Crippen molar-refractivity contribution >= 4 is 9.04 Å². The second-order valence-electron chi connectivity index (χ2n) is 1.30. The van der Waals surface area contributed by atoms with Gasteiger partial charge in [-0.05, 0) is 12.2 Å². The highest BCUT2D eigenvalue weighted by Crippen LogP contribution is 1.76. The molecule has 0 fully saturated rings. The minimum absolute atomic E-state index is 1.49. The van der Waals surface area contributed by atoms with Crippen LogP contribution in [0, 0.1) is 0 Å². The molecular formula is C4H10O2Si. The molecule has 0 aliphatic rings. The summed E-state index contributed by atoms with van der Waals surface area (Å²) in [6.45, 7) is 1.80. The highest BCUT2D eigenvalue weighted by Gasteiger charge is 1.85. The molecule has 0 aromatic heterocycles. The van der Waals surface area contributed by atoms with Crippen molar-refractivity contribution in [2.75, 3.05) is 7.11 Å². The molecule has 0 bridgehead atoms. The minimum Gasteiger partial charge on any atom is -0.505 e. The lowest BCUT2D eigenvalue weighted by Crippen LogP contribution is -1.98. The van der Waals surface area contributed by atoms with Gasteiger partial charge in [0.05, 0.1) is 13.4 Å². The fraction of sp³-hybridized carbons (Fsp3) is 0.500. The van der Waals surface area contributed by atoms with Crippen LogP contribution in [-0.4, -0.2) is 20.9 Å². The van der Waals surface area contributed by atoms with Crippen molar-refractivity contribution in [3.63, 3.8) is 0 Å². The third-order valence-corrected chi connectivity index (χ3v) is 1.21. The molecule has 1 N–H and O–H groups in total. The molecule has 0 aliphatic heterocycles.